The number of aromatic nitrogens is 2. The Kier molecular flexibility index (Phi) is 5.72. The molecule has 0 atom stereocenters. The van der Waals surface area contributed by atoms with Crippen LogP contribution in [0.15, 0.2) is 30.6 Å². The predicted molar refractivity (Wildman–Crippen MR) is 89.6 cm³/mol. The van der Waals surface area contributed by atoms with Crippen LogP contribution in [0, 0.1) is 6.92 Å². The minimum atomic E-state index is -0.307. The highest BCUT2D eigenvalue weighted by atomic mass is 35.5. The van der Waals surface area contributed by atoms with Gasteiger partial charge in [-0.05, 0) is 31.0 Å². The number of carbonyl (C=O) groups excluding carboxylic acids is 1. The molecule has 6 heteroatoms. The highest BCUT2D eigenvalue weighted by Gasteiger charge is 2.10. The van der Waals surface area contributed by atoms with Crippen LogP contribution >= 0.6 is 11.6 Å². The second kappa shape index (κ2) is 7.75. The number of rotatable bonds is 6. The number of hydrogen-bond acceptors (Lipinski definition) is 4. The summed E-state index contributed by atoms with van der Waals surface area (Å²) in [5.74, 6) is 0.363. The van der Waals surface area contributed by atoms with Crippen LogP contribution in [0.1, 0.15) is 35.8 Å². The van der Waals surface area contributed by atoms with Gasteiger partial charge in [0, 0.05) is 17.3 Å². The summed E-state index contributed by atoms with van der Waals surface area (Å²) in [4.78, 5) is 20.5. The summed E-state index contributed by atoms with van der Waals surface area (Å²) in [6.07, 6.45) is 5.21. The maximum absolute atomic E-state index is 12.2. The number of nitrogens with zero attached hydrogens (tertiary/aromatic N) is 2. The molecule has 0 aliphatic carbocycles. The largest absolute Gasteiger partial charge is 0.369 e. The zero-order chi connectivity index (χ0) is 15.9. The van der Waals surface area contributed by atoms with Crippen LogP contribution in [-0.4, -0.2) is 22.4 Å². The molecule has 1 heterocycles. The predicted octanol–water partition coefficient (Wildman–Crippen LogP) is 3.90. The van der Waals surface area contributed by atoms with Crippen molar-refractivity contribution in [3.05, 3.63) is 46.9 Å². The van der Waals surface area contributed by atoms with Gasteiger partial charge in [0.15, 0.2) is 0 Å². The summed E-state index contributed by atoms with van der Waals surface area (Å²) < 4.78 is 0. The van der Waals surface area contributed by atoms with Crippen molar-refractivity contribution >= 4 is 29.0 Å². The Morgan fingerprint density at radius 2 is 2.09 bits per heavy atom. The maximum Gasteiger partial charge on any atom is 0.275 e. The first-order valence-electron chi connectivity index (χ1n) is 7.23. The summed E-state index contributed by atoms with van der Waals surface area (Å²) in [6.45, 7) is 4.87. The second-order valence-corrected chi connectivity index (χ2v) is 5.42. The SMILES string of the molecule is CCCCNc1cnc(C(=O)Nc2cc(Cl)ccc2C)cn1. The fourth-order valence-electron chi connectivity index (χ4n) is 1.85. The van der Waals surface area contributed by atoms with E-state index in [0.717, 1.165) is 24.9 Å². The van der Waals surface area contributed by atoms with E-state index in [0.29, 0.717) is 16.5 Å². The molecule has 2 N–H and O–H groups in total. The number of unbranched alkanes of at least 4 members (excludes halogenated alkanes) is 1. The molecule has 0 bridgehead atoms. The molecule has 1 aromatic heterocycles. The Bertz CT molecular complexity index is 643. The molecule has 2 rings (SSSR count). The first-order valence-corrected chi connectivity index (χ1v) is 7.61. The van der Waals surface area contributed by atoms with Crippen molar-refractivity contribution in [3.8, 4) is 0 Å². The fourth-order valence-corrected chi connectivity index (χ4v) is 2.02. The van der Waals surface area contributed by atoms with Gasteiger partial charge in [0.05, 0.1) is 12.4 Å². The monoisotopic (exact) mass is 318 g/mol. The summed E-state index contributed by atoms with van der Waals surface area (Å²) in [5.41, 5.74) is 1.87. The Morgan fingerprint density at radius 1 is 1.27 bits per heavy atom. The van der Waals surface area contributed by atoms with Crippen LogP contribution in [0.4, 0.5) is 11.5 Å². The number of anilines is 2. The number of hydrogen-bond donors (Lipinski definition) is 2. The van der Waals surface area contributed by atoms with Crippen molar-refractivity contribution in [3.63, 3.8) is 0 Å². The van der Waals surface area contributed by atoms with Gasteiger partial charge in [0.25, 0.3) is 5.91 Å². The lowest BCUT2D eigenvalue weighted by Crippen LogP contribution is -2.15. The standard InChI is InChI=1S/C16H19ClN4O/c1-3-4-7-18-15-10-19-14(9-20-15)16(22)21-13-8-12(17)6-5-11(13)2/h5-6,8-10H,3-4,7H2,1-2H3,(H,18,20)(H,21,22). The molecule has 1 aromatic carbocycles. The van der Waals surface area contributed by atoms with Gasteiger partial charge in [-0.15, -0.1) is 0 Å². The number of aryl methyl sites for hydroxylation is 1. The van der Waals surface area contributed by atoms with Crippen molar-refractivity contribution in [2.45, 2.75) is 26.7 Å². The summed E-state index contributed by atoms with van der Waals surface area (Å²) in [5, 5.41) is 6.52. The molecule has 0 aliphatic heterocycles. The van der Waals surface area contributed by atoms with Gasteiger partial charge in [-0.1, -0.05) is 31.0 Å². The van der Waals surface area contributed by atoms with Gasteiger partial charge in [0.1, 0.15) is 11.5 Å². The van der Waals surface area contributed by atoms with Gasteiger partial charge in [-0.2, -0.15) is 0 Å². The van der Waals surface area contributed by atoms with E-state index in [9.17, 15) is 4.79 Å². The second-order valence-electron chi connectivity index (χ2n) is 4.98. The molecule has 0 unspecified atom stereocenters. The van der Waals surface area contributed by atoms with E-state index < -0.39 is 0 Å². The van der Waals surface area contributed by atoms with Crippen LogP contribution in [0.2, 0.25) is 5.02 Å². The summed E-state index contributed by atoms with van der Waals surface area (Å²) in [6, 6.07) is 5.34. The van der Waals surface area contributed by atoms with Crippen molar-refractivity contribution in [2.75, 3.05) is 17.2 Å². The fraction of sp³-hybridized carbons (Fsp3) is 0.312. The molecule has 0 saturated carbocycles. The summed E-state index contributed by atoms with van der Waals surface area (Å²) in [7, 11) is 0. The highest BCUT2D eigenvalue weighted by Crippen LogP contribution is 2.20. The van der Waals surface area contributed by atoms with Crippen molar-refractivity contribution in [1.29, 1.82) is 0 Å². The maximum atomic E-state index is 12.2. The number of halogens is 1. The van der Waals surface area contributed by atoms with E-state index in [4.69, 9.17) is 11.6 Å². The molecule has 22 heavy (non-hydrogen) atoms. The third-order valence-corrected chi connectivity index (χ3v) is 3.40. The first-order chi connectivity index (χ1) is 10.6. The zero-order valence-electron chi connectivity index (χ0n) is 12.7. The molecule has 0 spiro atoms. The van der Waals surface area contributed by atoms with E-state index in [2.05, 4.69) is 27.5 Å². The van der Waals surface area contributed by atoms with Crippen LogP contribution in [0.3, 0.4) is 0 Å². The molecule has 2 aromatic rings. The Hall–Kier alpha value is -2.14. The number of nitrogens with one attached hydrogen (secondary N) is 2. The minimum Gasteiger partial charge on any atom is -0.369 e. The molecular weight excluding hydrogens is 300 g/mol. The van der Waals surface area contributed by atoms with Gasteiger partial charge in [-0.25, -0.2) is 9.97 Å². The van der Waals surface area contributed by atoms with Crippen molar-refractivity contribution < 1.29 is 4.79 Å². The molecule has 0 saturated heterocycles. The van der Waals surface area contributed by atoms with Crippen LogP contribution in [0.25, 0.3) is 0 Å². The molecule has 5 nitrogen and oxygen atoms in total. The average molecular weight is 319 g/mol. The van der Waals surface area contributed by atoms with Crippen LogP contribution in [0.5, 0.6) is 0 Å². The van der Waals surface area contributed by atoms with Gasteiger partial charge < -0.3 is 10.6 Å². The summed E-state index contributed by atoms with van der Waals surface area (Å²) >= 11 is 5.94. The van der Waals surface area contributed by atoms with Gasteiger partial charge >= 0.3 is 0 Å². The molecule has 0 fully saturated rings. The average Bonchev–Trinajstić information content (AvgIpc) is 2.52. The Balaban J connectivity index is 2.02. The van der Waals surface area contributed by atoms with Gasteiger partial charge in [-0.3, -0.25) is 4.79 Å². The normalized spacial score (nSPS) is 10.3. The number of amides is 1. The quantitative estimate of drug-likeness (QED) is 0.793. The first kappa shape index (κ1) is 16.2. The minimum absolute atomic E-state index is 0.264. The Labute approximate surface area is 135 Å². The molecular formula is C16H19ClN4O. The molecule has 0 aliphatic rings. The number of benzene rings is 1. The Morgan fingerprint density at radius 3 is 2.77 bits per heavy atom. The lowest BCUT2D eigenvalue weighted by atomic mass is 10.2. The lowest BCUT2D eigenvalue weighted by Gasteiger charge is -2.09. The van der Waals surface area contributed by atoms with Crippen LogP contribution in [-0.2, 0) is 0 Å². The van der Waals surface area contributed by atoms with E-state index >= 15 is 0 Å². The van der Waals surface area contributed by atoms with Crippen molar-refractivity contribution in [2.24, 2.45) is 0 Å². The molecule has 1 amide bonds. The van der Waals surface area contributed by atoms with Crippen LogP contribution < -0.4 is 10.6 Å². The van der Waals surface area contributed by atoms with Crippen molar-refractivity contribution in [1.82, 2.24) is 9.97 Å². The van der Waals surface area contributed by atoms with E-state index in [1.807, 2.05) is 13.0 Å². The van der Waals surface area contributed by atoms with E-state index in [1.54, 1.807) is 18.3 Å². The third-order valence-electron chi connectivity index (χ3n) is 3.17. The topological polar surface area (TPSA) is 66.9 Å². The smallest absolute Gasteiger partial charge is 0.275 e. The number of carbonyl (C=O) groups is 1. The third kappa shape index (κ3) is 4.43. The van der Waals surface area contributed by atoms with Gasteiger partial charge in [0.2, 0.25) is 0 Å². The molecule has 116 valence electrons. The highest BCUT2D eigenvalue weighted by molar-refractivity contribution is 6.31. The van der Waals surface area contributed by atoms with E-state index in [-0.39, 0.29) is 11.6 Å². The molecule has 0 radical (unpaired) electrons. The van der Waals surface area contributed by atoms with E-state index in [1.165, 1.54) is 6.20 Å². The lowest BCUT2D eigenvalue weighted by molar-refractivity contribution is 0.102. The zero-order valence-corrected chi connectivity index (χ0v) is 13.4.